The average Bonchev–Trinajstić information content (AvgIpc) is 3.21. The van der Waals surface area contributed by atoms with Gasteiger partial charge in [-0.25, -0.2) is 0 Å². The van der Waals surface area contributed by atoms with Crippen LogP contribution >= 0.6 is 35.7 Å². The number of carbonyl (C=O) groups excluding carboxylic acids is 1. The second-order valence-corrected chi connectivity index (χ2v) is 9.84. The Kier molecular flexibility index (Phi) is 10.2. The number of aliphatic imine (C=N–C) groups is 1. The SMILES string of the molecule is CCC1(CNC(=NC)NC2CCC(C(=O)N3CCSCC3)CC2)CCCC1.I. The van der Waals surface area contributed by atoms with Crippen molar-refractivity contribution < 1.29 is 4.79 Å². The summed E-state index contributed by atoms with van der Waals surface area (Å²) in [5.74, 6) is 3.79. The topological polar surface area (TPSA) is 56.7 Å². The molecule has 3 aliphatic rings. The van der Waals surface area contributed by atoms with Crippen molar-refractivity contribution >= 4 is 47.6 Å². The number of hydrogen-bond donors (Lipinski definition) is 2. The Labute approximate surface area is 192 Å². The van der Waals surface area contributed by atoms with Crippen LogP contribution in [0.25, 0.3) is 0 Å². The Morgan fingerprint density at radius 3 is 2.36 bits per heavy atom. The molecule has 0 atom stereocenters. The molecule has 28 heavy (non-hydrogen) atoms. The molecule has 0 bridgehead atoms. The fraction of sp³-hybridized carbons (Fsp3) is 0.905. The first-order valence-electron chi connectivity index (χ1n) is 11.0. The monoisotopic (exact) mass is 522 g/mol. The van der Waals surface area contributed by atoms with Crippen molar-refractivity contribution in [3.05, 3.63) is 0 Å². The van der Waals surface area contributed by atoms with Crippen LogP contribution in [0.5, 0.6) is 0 Å². The molecule has 0 aromatic rings. The van der Waals surface area contributed by atoms with Crippen molar-refractivity contribution in [2.24, 2.45) is 16.3 Å². The molecule has 1 amide bonds. The van der Waals surface area contributed by atoms with Crippen LogP contribution in [0.4, 0.5) is 0 Å². The Balaban J connectivity index is 0.00000280. The highest BCUT2D eigenvalue weighted by Crippen LogP contribution is 2.40. The van der Waals surface area contributed by atoms with Gasteiger partial charge >= 0.3 is 0 Å². The van der Waals surface area contributed by atoms with E-state index >= 15 is 0 Å². The number of amides is 1. The molecule has 5 nitrogen and oxygen atoms in total. The Morgan fingerprint density at radius 1 is 1.14 bits per heavy atom. The number of rotatable bonds is 5. The van der Waals surface area contributed by atoms with E-state index in [1.54, 1.807) is 0 Å². The first kappa shape index (κ1) is 24.1. The standard InChI is InChI=1S/C21H38N4OS.HI/c1-3-21(10-4-5-11-21)16-23-20(22-2)24-18-8-6-17(7-9-18)19(26)25-12-14-27-15-13-25;/h17-18H,3-16H2,1-2H3,(H2,22,23,24);1H. The van der Waals surface area contributed by atoms with E-state index in [2.05, 4.69) is 27.4 Å². The maximum Gasteiger partial charge on any atom is 0.225 e. The number of carbonyl (C=O) groups is 1. The van der Waals surface area contributed by atoms with Gasteiger partial charge in [-0.15, -0.1) is 24.0 Å². The predicted octanol–water partition coefficient (Wildman–Crippen LogP) is 3.87. The number of hydrogen-bond acceptors (Lipinski definition) is 3. The normalized spacial score (nSPS) is 27.8. The molecule has 1 saturated heterocycles. The Bertz CT molecular complexity index is 511. The summed E-state index contributed by atoms with van der Waals surface area (Å²) in [6, 6.07) is 0.443. The van der Waals surface area contributed by atoms with Crippen molar-refractivity contribution in [1.82, 2.24) is 15.5 Å². The highest BCUT2D eigenvalue weighted by Gasteiger charge is 2.33. The number of thioether (sulfide) groups is 1. The van der Waals surface area contributed by atoms with Gasteiger partial charge in [-0.05, 0) is 50.4 Å². The molecule has 2 saturated carbocycles. The molecule has 0 radical (unpaired) electrons. The lowest BCUT2D eigenvalue weighted by molar-refractivity contribution is -0.136. The lowest BCUT2D eigenvalue weighted by Gasteiger charge is -2.35. The Hall–Kier alpha value is -0.180. The van der Waals surface area contributed by atoms with Crippen molar-refractivity contribution in [2.75, 3.05) is 38.2 Å². The minimum atomic E-state index is 0. The summed E-state index contributed by atoms with van der Waals surface area (Å²) >= 11 is 1.96. The Morgan fingerprint density at radius 2 is 1.79 bits per heavy atom. The van der Waals surface area contributed by atoms with Crippen molar-refractivity contribution in [3.8, 4) is 0 Å². The summed E-state index contributed by atoms with van der Waals surface area (Å²) in [5, 5.41) is 7.22. The quantitative estimate of drug-likeness (QED) is 0.327. The van der Waals surface area contributed by atoms with Gasteiger partial charge in [0.15, 0.2) is 5.96 Å². The van der Waals surface area contributed by atoms with Crippen molar-refractivity contribution in [3.63, 3.8) is 0 Å². The van der Waals surface area contributed by atoms with Gasteiger partial charge in [-0.2, -0.15) is 11.8 Å². The van der Waals surface area contributed by atoms with E-state index in [1.807, 2.05) is 18.8 Å². The molecule has 0 unspecified atom stereocenters. The van der Waals surface area contributed by atoms with Crippen molar-refractivity contribution in [1.29, 1.82) is 0 Å². The first-order valence-corrected chi connectivity index (χ1v) is 12.1. The van der Waals surface area contributed by atoms with Crippen LogP contribution in [-0.4, -0.2) is 61.0 Å². The third-order valence-electron chi connectivity index (χ3n) is 7.01. The van der Waals surface area contributed by atoms with E-state index in [-0.39, 0.29) is 29.9 Å². The van der Waals surface area contributed by atoms with Gasteiger partial charge in [-0.3, -0.25) is 9.79 Å². The molecular formula is C21H39IN4OS. The summed E-state index contributed by atoms with van der Waals surface area (Å²) < 4.78 is 0. The zero-order valence-corrected chi connectivity index (χ0v) is 20.8. The lowest BCUT2D eigenvalue weighted by Crippen LogP contribution is -2.49. The maximum atomic E-state index is 12.7. The summed E-state index contributed by atoms with van der Waals surface area (Å²) in [5.41, 5.74) is 0.467. The minimum absolute atomic E-state index is 0. The molecule has 3 rings (SSSR count). The van der Waals surface area contributed by atoms with E-state index in [4.69, 9.17) is 0 Å². The van der Waals surface area contributed by atoms with E-state index in [0.29, 0.717) is 17.4 Å². The second kappa shape index (κ2) is 11.9. The smallest absolute Gasteiger partial charge is 0.225 e. The summed E-state index contributed by atoms with van der Waals surface area (Å²) in [7, 11) is 1.87. The zero-order valence-electron chi connectivity index (χ0n) is 17.7. The highest BCUT2D eigenvalue weighted by atomic mass is 127. The fourth-order valence-electron chi connectivity index (χ4n) is 4.97. The van der Waals surface area contributed by atoms with Crippen LogP contribution in [0.15, 0.2) is 4.99 Å². The van der Waals surface area contributed by atoms with Gasteiger partial charge in [0.05, 0.1) is 0 Å². The largest absolute Gasteiger partial charge is 0.356 e. The number of halogens is 1. The predicted molar refractivity (Wildman–Crippen MR) is 131 cm³/mol. The van der Waals surface area contributed by atoms with E-state index in [1.165, 1.54) is 32.1 Å². The minimum Gasteiger partial charge on any atom is -0.356 e. The van der Waals surface area contributed by atoms with Crippen molar-refractivity contribution in [2.45, 2.75) is 70.8 Å². The molecule has 0 aromatic heterocycles. The molecular weight excluding hydrogens is 483 g/mol. The summed E-state index contributed by atoms with van der Waals surface area (Å²) in [6.45, 7) is 5.24. The number of nitrogens with zero attached hydrogens (tertiary/aromatic N) is 2. The molecule has 0 spiro atoms. The molecule has 7 heteroatoms. The third-order valence-corrected chi connectivity index (χ3v) is 7.95. The van der Waals surface area contributed by atoms with Gasteiger partial charge in [-0.1, -0.05) is 19.8 Å². The van der Waals surface area contributed by atoms with E-state index in [0.717, 1.165) is 62.8 Å². The second-order valence-electron chi connectivity index (χ2n) is 8.62. The lowest BCUT2D eigenvalue weighted by atomic mass is 9.83. The van der Waals surface area contributed by atoms with Crippen LogP contribution < -0.4 is 10.6 Å². The molecule has 162 valence electrons. The summed E-state index contributed by atoms with van der Waals surface area (Å²) in [6.07, 6.45) is 10.8. The average molecular weight is 523 g/mol. The van der Waals surface area contributed by atoms with Crippen LogP contribution in [0.2, 0.25) is 0 Å². The molecule has 3 fully saturated rings. The molecule has 0 aromatic carbocycles. The number of guanidine groups is 1. The van der Waals surface area contributed by atoms with Gasteiger partial charge < -0.3 is 15.5 Å². The fourth-order valence-corrected chi connectivity index (χ4v) is 5.87. The maximum absolute atomic E-state index is 12.7. The van der Waals surface area contributed by atoms with Crippen LogP contribution in [0.3, 0.4) is 0 Å². The van der Waals surface area contributed by atoms with Gasteiger partial charge in [0.1, 0.15) is 0 Å². The van der Waals surface area contributed by atoms with E-state index < -0.39 is 0 Å². The molecule has 2 N–H and O–H groups in total. The van der Waals surface area contributed by atoms with E-state index in [9.17, 15) is 4.79 Å². The van der Waals surface area contributed by atoms with Crippen LogP contribution in [0.1, 0.15) is 64.7 Å². The van der Waals surface area contributed by atoms with Gasteiger partial charge in [0.25, 0.3) is 0 Å². The summed E-state index contributed by atoms with van der Waals surface area (Å²) in [4.78, 5) is 19.3. The molecule has 2 aliphatic carbocycles. The van der Waals surface area contributed by atoms with Crippen LogP contribution in [-0.2, 0) is 4.79 Å². The van der Waals surface area contributed by atoms with Gasteiger partial charge in [0, 0.05) is 50.1 Å². The molecule has 1 heterocycles. The van der Waals surface area contributed by atoms with Gasteiger partial charge in [0.2, 0.25) is 5.91 Å². The molecule has 1 aliphatic heterocycles. The number of nitrogens with one attached hydrogen (secondary N) is 2. The zero-order chi connectivity index (χ0) is 19.1. The van der Waals surface area contributed by atoms with Crippen LogP contribution in [0, 0.1) is 11.3 Å². The third kappa shape index (κ3) is 6.41. The highest BCUT2D eigenvalue weighted by molar-refractivity contribution is 14.0. The first-order chi connectivity index (χ1) is 13.2.